The summed E-state index contributed by atoms with van der Waals surface area (Å²) in [4.78, 5) is 18.2. The van der Waals surface area contributed by atoms with Crippen LogP contribution in [0.5, 0.6) is 0 Å². The molecule has 116 valence electrons. The molecular formula is C18H15FN2O2. The van der Waals surface area contributed by atoms with Gasteiger partial charge in [0.2, 0.25) is 0 Å². The van der Waals surface area contributed by atoms with Crippen LogP contribution in [0.15, 0.2) is 59.0 Å². The Balaban J connectivity index is 1.88. The van der Waals surface area contributed by atoms with Crippen LogP contribution in [0.25, 0.3) is 11.3 Å². The third kappa shape index (κ3) is 2.99. The lowest BCUT2D eigenvalue weighted by Gasteiger charge is -2.15. The van der Waals surface area contributed by atoms with Crippen LogP contribution >= 0.6 is 0 Å². The lowest BCUT2D eigenvalue weighted by atomic mass is 10.1. The first-order chi connectivity index (χ1) is 11.1. The van der Waals surface area contributed by atoms with E-state index in [-0.39, 0.29) is 11.7 Å². The topological polar surface area (TPSA) is 46.3 Å². The zero-order valence-corrected chi connectivity index (χ0v) is 12.8. The number of hydrogen-bond acceptors (Lipinski definition) is 3. The van der Waals surface area contributed by atoms with E-state index in [0.29, 0.717) is 17.1 Å². The zero-order chi connectivity index (χ0) is 16.4. The van der Waals surface area contributed by atoms with E-state index in [1.165, 1.54) is 17.0 Å². The molecule has 0 aliphatic rings. The lowest BCUT2D eigenvalue weighted by molar-refractivity contribution is 0.0966. The molecule has 5 heteroatoms. The fourth-order valence-electron chi connectivity index (χ4n) is 2.24. The van der Waals surface area contributed by atoms with Crippen LogP contribution in [0, 0.1) is 12.7 Å². The number of rotatable bonds is 3. The number of amides is 1. The molecule has 0 saturated carbocycles. The maximum absolute atomic E-state index is 13.8. The summed E-state index contributed by atoms with van der Waals surface area (Å²) in [5.74, 6) is 0.241. The maximum Gasteiger partial charge on any atom is 0.294 e. The van der Waals surface area contributed by atoms with Crippen molar-refractivity contribution in [2.24, 2.45) is 0 Å². The molecule has 3 rings (SSSR count). The first-order valence-electron chi connectivity index (χ1n) is 7.13. The first kappa shape index (κ1) is 15.0. The molecular weight excluding hydrogens is 295 g/mol. The van der Waals surface area contributed by atoms with Crippen molar-refractivity contribution in [1.29, 1.82) is 0 Å². The Bertz CT molecular complexity index is 857. The highest BCUT2D eigenvalue weighted by molar-refractivity contribution is 6.03. The van der Waals surface area contributed by atoms with E-state index in [0.717, 1.165) is 5.69 Å². The second-order valence-corrected chi connectivity index (χ2v) is 5.15. The van der Waals surface area contributed by atoms with Gasteiger partial charge >= 0.3 is 0 Å². The number of benzene rings is 1. The van der Waals surface area contributed by atoms with Gasteiger partial charge in [0.05, 0.1) is 5.56 Å². The summed E-state index contributed by atoms with van der Waals surface area (Å²) in [6.07, 6.45) is 0. The number of aryl methyl sites for hydroxylation is 1. The number of pyridine rings is 1. The Labute approximate surface area is 133 Å². The van der Waals surface area contributed by atoms with E-state index in [2.05, 4.69) is 4.98 Å². The van der Waals surface area contributed by atoms with Crippen molar-refractivity contribution in [3.05, 3.63) is 71.9 Å². The summed E-state index contributed by atoms with van der Waals surface area (Å²) in [6, 6.07) is 14.8. The largest absolute Gasteiger partial charge is 0.451 e. The average molecular weight is 310 g/mol. The van der Waals surface area contributed by atoms with Gasteiger partial charge in [-0.25, -0.2) is 9.37 Å². The molecule has 0 fully saturated rings. The van der Waals surface area contributed by atoms with Crippen molar-refractivity contribution in [3.8, 4) is 11.3 Å². The highest BCUT2D eigenvalue weighted by Gasteiger charge is 2.19. The van der Waals surface area contributed by atoms with E-state index < -0.39 is 5.82 Å². The van der Waals surface area contributed by atoms with Gasteiger partial charge in [-0.1, -0.05) is 18.2 Å². The minimum atomic E-state index is -0.394. The highest BCUT2D eigenvalue weighted by Crippen LogP contribution is 2.25. The number of hydrogen-bond donors (Lipinski definition) is 0. The Morgan fingerprint density at radius 2 is 1.87 bits per heavy atom. The number of nitrogens with zero attached hydrogens (tertiary/aromatic N) is 2. The second kappa shape index (κ2) is 6.04. The van der Waals surface area contributed by atoms with Gasteiger partial charge in [-0.3, -0.25) is 9.69 Å². The molecule has 1 amide bonds. The molecule has 0 radical (unpaired) electrons. The van der Waals surface area contributed by atoms with Gasteiger partial charge in [-0.15, -0.1) is 0 Å². The molecule has 0 atom stereocenters. The van der Waals surface area contributed by atoms with Crippen LogP contribution in [0.4, 0.5) is 10.2 Å². The number of aromatic nitrogens is 1. The van der Waals surface area contributed by atoms with Gasteiger partial charge in [-0.05, 0) is 43.3 Å². The van der Waals surface area contributed by atoms with Crippen LogP contribution in [0.2, 0.25) is 0 Å². The minimum absolute atomic E-state index is 0.133. The van der Waals surface area contributed by atoms with E-state index in [1.807, 2.05) is 19.1 Å². The zero-order valence-electron chi connectivity index (χ0n) is 12.8. The number of carbonyl (C=O) groups is 1. The van der Waals surface area contributed by atoms with Crippen LogP contribution < -0.4 is 4.90 Å². The molecule has 1 aromatic carbocycles. The van der Waals surface area contributed by atoms with Gasteiger partial charge < -0.3 is 4.42 Å². The number of carbonyl (C=O) groups excluding carboxylic acids is 1. The average Bonchev–Trinajstić information content (AvgIpc) is 3.03. The van der Waals surface area contributed by atoms with Crippen molar-refractivity contribution in [2.45, 2.75) is 6.92 Å². The maximum atomic E-state index is 13.8. The van der Waals surface area contributed by atoms with E-state index in [1.54, 1.807) is 37.4 Å². The number of furan rings is 1. The van der Waals surface area contributed by atoms with Crippen LogP contribution in [0.3, 0.4) is 0 Å². The Kier molecular flexibility index (Phi) is 3.93. The molecule has 0 spiro atoms. The molecule has 0 N–H and O–H groups in total. The summed E-state index contributed by atoms with van der Waals surface area (Å²) in [5, 5.41) is 0. The first-order valence-corrected chi connectivity index (χ1v) is 7.13. The molecule has 0 aliphatic heterocycles. The van der Waals surface area contributed by atoms with Crippen molar-refractivity contribution in [2.75, 3.05) is 11.9 Å². The molecule has 23 heavy (non-hydrogen) atoms. The fraction of sp³-hybridized carbons (Fsp3) is 0.111. The smallest absolute Gasteiger partial charge is 0.294 e. The van der Waals surface area contributed by atoms with Crippen LogP contribution in [0.1, 0.15) is 16.2 Å². The molecule has 0 saturated heterocycles. The monoisotopic (exact) mass is 310 g/mol. The highest BCUT2D eigenvalue weighted by atomic mass is 19.1. The van der Waals surface area contributed by atoms with Gasteiger partial charge in [-0.2, -0.15) is 0 Å². The number of halogens is 1. The van der Waals surface area contributed by atoms with Crippen molar-refractivity contribution < 1.29 is 13.6 Å². The summed E-state index contributed by atoms with van der Waals surface area (Å²) >= 11 is 0. The van der Waals surface area contributed by atoms with Crippen molar-refractivity contribution in [3.63, 3.8) is 0 Å². The standard InChI is InChI=1S/C18H15FN2O2/c1-12-6-5-9-17(20-12)21(2)18(22)16-11-10-15(23-16)13-7-3-4-8-14(13)19/h3-11H,1-2H3. The quantitative estimate of drug-likeness (QED) is 0.732. The summed E-state index contributed by atoms with van der Waals surface area (Å²) in [7, 11) is 1.62. The summed E-state index contributed by atoms with van der Waals surface area (Å²) in [6.45, 7) is 1.85. The van der Waals surface area contributed by atoms with Crippen LogP contribution in [-0.2, 0) is 0 Å². The molecule has 4 nitrogen and oxygen atoms in total. The van der Waals surface area contributed by atoms with E-state index >= 15 is 0 Å². The molecule has 0 unspecified atom stereocenters. The Hall–Kier alpha value is -2.95. The minimum Gasteiger partial charge on any atom is -0.451 e. The Morgan fingerprint density at radius 1 is 1.09 bits per heavy atom. The summed E-state index contributed by atoms with van der Waals surface area (Å²) in [5.41, 5.74) is 1.14. The van der Waals surface area contributed by atoms with Gasteiger partial charge in [0, 0.05) is 12.7 Å². The number of anilines is 1. The van der Waals surface area contributed by atoms with Crippen LogP contribution in [-0.4, -0.2) is 17.9 Å². The molecule has 2 aromatic heterocycles. The van der Waals surface area contributed by atoms with Gasteiger partial charge in [0.25, 0.3) is 5.91 Å². The van der Waals surface area contributed by atoms with Gasteiger partial charge in [0.1, 0.15) is 17.4 Å². The molecule has 0 bridgehead atoms. The molecule has 2 heterocycles. The van der Waals surface area contributed by atoms with Crippen molar-refractivity contribution in [1.82, 2.24) is 4.98 Å². The summed E-state index contributed by atoms with van der Waals surface area (Å²) < 4.78 is 19.3. The second-order valence-electron chi connectivity index (χ2n) is 5.15. The lowest BCUT2D eigenvalue weighted by Crippen LogP contribution is -2.26. The van der Waals surface area contributed by atoms with E-state index in [4.69, 9.17) is 4.42 Å². The van der Waals surface area contributed by atoms with Gasteiger partial charge in [0.15, 0.2) is 5.76 Å². The molecule has 0 aliphatic carbocycles. The predicted octanol–water partition coefficient (Wildman–Crippen LogP) is 4.07. The predicted molar refractivity (Wildman–Crippen MR) is 85.8 cm³/mol. The normalized spacial score (nSPS) is 10.6. The Morgan fingerprint density at radius 3 is 2.61 bits per heavy atom. The fourth-order valence-corrected chi connectivity index (χ4v) is 2.24. The molecule has 3 aromatic rings. The third-order valence-electron chi connectivity index (χ3n) is 3.48. The SMILES string of the molecule is Cc1cccc(N(C)C(=O)c2ccc(-c3ccccc3F)o2)n1. The third-order valence-corrected chi connectivity index (χ3v) is 3.48. The van der Waals surface area contributed by atoms with Crippen molar-refractivity contribution >= 4 is 11.7 Å². The van der Waals surface area contributed by atoms with E-state index in [9.17, 15) is 9.18 Å².